The van der Waals surface area contributed by atoms with Crippen molar-refractivity contribution < 1.29 is 15.0 Å². The van der Waals surface area contributed by atoms with Crippen molar-refractivity contribution in [1.82, 2.24) is 5.32 Å². The summed E-state index contributed by atoms with van der Waals surface area (Å²) in [5, 5.41) is 21.4. The third kappa shape index (κ3) is 2.92. The predicted molar refractivity (Wildman–Crippen MR) is 67.2 cm³/mol. The number of rotatable bonds is 4. The average molecular weight is 250 g/mol. The molecule has 5 N–H and O–H groups in total. The van der Waals surface area contributed by atoms with Gasteiger partial charge in [-0.15, -0.1) is 0 Å². The first-order valence-electron chi connectivity index (χ1n) is 6.13. The highest BCUT2D eigenvalue weighted by molar-refractivity contribution is 5.82. The molecule has 0 radical (unpaired) electrons. The summed E-state index contributed by atoms with van der Waals surface area (Å²) in [5.74, 6) is -0.530. The summed E-state index contributed by atoms with van der Waals surface area (Å²) in [6.45, 7) is 0. The van der Waals surface area contributed by atoms with E-state index in [1.807, 2.05) is 0 Å². The van der Waals surface area contributed by atoms with Gasteiger partial charge in [-0.25, -0.2) is 0 Å². The van der Waals surface area contributed by atoms with Crippen LogP contribution < -0.4 is 11.1 Å². The monoisotopic (exact) mass is 250 g/mol. The molecule has 1 atom stereocenters. The van der Waals surface area contributed by atoms with Gasteiger partial charge in [0, 0.05) is 6.04 Å². The number of carbonyl (C=O) groups excluding carboxylic acids is 1. The Balaban J connectivity index is 1.90. The van der Waals surface area contributed by atoms with E-state index in [1.165, 1.54) is 12.1 Å². The molecule has 1 aliphatic rings. The van der Waals surface area contributed by atoms with Crippen LogP contribution in [0.4, 0.5) is 0 Å². The number of aromatic hydroxyl groups is 2. The van der Waals surface area contributed by atoms with Crippen molar-refractivity contribution >= 4 is 5.91 Å². The molecule has 0 bridgehead atoms. The zero-order chi connectivity index (χ0) is 13.1. The van der Waals surface area contributed by atoms with Crippen molar-refractivity contribution in [2.24, 2.45) is 5.73 Å². The number of benzene rings is 1. The van der Waals surface area contributed by atoms with Gasteiger partial charge >= 0.3 is 0 Å². The van der Waals surface area contributed by atoms with Gasteiger partial charge in [-0.3, -0.25) is 4.79 Å². The zero-order valence-electron chi connectivity index (χ0n) is 10.1. The maximum Gasteiger partial charge on any atom is 0.237 e. The van der Waals surface area contributed by atoms with Crippen LogP contribution in [0, 0.1) is 0 Å². The van der Waals surface area contributed by atoms with Crippen LogP contribution in [0.5, 0.6) is 11.5 Å². The van der Waals surface area contributed by atoms with E-state index in [9.17, 15) is 15.0 Å². The molecule has 1 aromatic rings. The minimum atomic E-state index is -0.630. The molecule has 5 nitrogen and oxygen atoms in total. The second-order valence-corrected chi connectivity index (χ2v) is 4.77. The number of hydrogen-bond donors (Lipinski definition) is 4. The molecule has 1 amide bonds. The molecule has 0 spiro atoms. The van der Waals surface area contributed by atoms with Gasteiger partial charge in [0.15, 0.2) is 11.5 Å². The quantitative estimate of drug-likeness (QED) is 0.590. The molecule has 2 rings (SSSR count). The van der Waals surface area contributed by atoms with E-state index in [2.05, 4.69) is 5.32 Å². The van der Waals surface area contributed by atoms with Crippen LogP contribution in [0.25, 0.3) is 0 Å². The molecular formula is C13H18N2O3. The van der Waals surface area contributed by atoms with Crippen LogP contribution in [0.1, 0.15) is 24.8 Å². The third-order valence-corrected chi connectivity index (χ3v) is 3.28. The second-order valence-electron chi connectivity index (χ2n) is 4.77. The van der Waals surface area contributed by atoms with Crippen molar-refractivity contribution in [3.8, 4) is 11.5 Å². The Morgan fingerprint density at radius 3 is 2.67 bits per heavy atom. The van der Waals surface area contributed by atoms with Gasteiger partial charge in [0.25, 0.3) is 0 Å². The van der Waals surface area contributed by atoms with Crippen molar-refractivity contribution in [1.29, 1.82) is 0 Å². The Morgan fingerprint density at radius 1 is 1.39 bits per heavy atom. The van der Waals surface area contributed by atoms with E-state index in [0.717, 1.165) is 24.8 Å². The van der Waals surface area contributed by atoms with Crippen LogP contribution in [-0.2, 0) is 11.2 Å². The molecular weight excluding hydrogens is 232 g/mol. The van der Waals surface area contributed by atoms with Crippen LogP contribution in [-0.4, -0.2) is 28.2 Å². The van der Waals surface area contributed by atoms with Crippen LogP contribution in [0.2, 0.25) is 0 Å². The van der Waals surface area contributed by atoms with Gasteiger partial charge < -0.3 is 21.3 Å². The van der Waals surface area contributed by atoms with E-state index in [-0.39, 0.29) is 23.4 Å². The number of nitrogens with one attached hydrogen (secondary N) is 1. The minimum Gasteiger partial charge on any atom is -0.504 e. The fourth-order valence-corrected chi connectivity index (χ4v) is 1.90. The molecule has 1 aliphatic carbocycles. The SMILES string of the molecule is N[C@@H](Cc1ccc(O)c(O)c1)C(=O)NC1CCC1. The molecule has 1 saturated carbocycles. The fourth-order valence-electron chi connectivity index (χ4n) is 1.90. The highest BCUT2D eigenvalue weighted by atomic mass is 16.3. The summed E-state index contributed by atoms with van der Waals surface area (Å²) in [7, 11) is 0. The summed E-state index contributed by atoms with van der Waals surface area (Å²) >= 11 is 0. The first-order chi connectivity index (χ1) is 8.56. The molecule has 0 heterocycles. The highest BCUT2D eigenvalue weighted by Crippen LogP contribution is 2.25. The number of carbonyl (C=O) groups is 1. The van der Waals surface area contributed by atoms with Crippen molar-refractivity contribution in [2.45, 2.75) is 37.8 Å². The highest BCUT2D eigenvalue weighted by Gasteiger charge is 2.22. The molecule has 0 aliphatic heterocycles. The molecule has 5 heteroatoms. The molecule has 18 heavy (non-hydrogen) atoms. The summed E-state index contributed by atoms with van der Waals surface area (Å²) in [6.07, 6.45) is 3.55. The fraction of sp³-hybridized carbons (Fsp3) is 0.462. The molecule has 0 unspecified atom stereocenters. The summed E-state index contributed by atoms with van der Waals surface area (Å²) < 4.78 is 0. The molecule has 1 aromatic carbocycles. The molecule has 0 aromatic heterocycles. The lowest BCUT2D eigenvalue weighted by Crippen LogP contribution is -2.48. The molecule has 1 fully saturated rings. The second kappa shape index (κ2) is 5.27. The van der Waals surface area contributed by atoms with Crippen molar-refractivity contribution in [2.75, 3.05) is 0 Å². The van der Waals surface area contributed by atoms with Gasteiger partial charge in [-0.05, 0) is 43.4 Å². The topological polar surface area (TPSA) is 95.6 Å². The Kier molecular flexibility index (Phi) is 3.72. The van der Waals surface area contributed by atoms with Gasteiger partial charge in [0.2, 0.25) is 5.91 Å². The van der Waals surface area contributed by atoms with Gasteiger partial charge in [-0.1, -0.05) is 6.07 Å². The summed E-state index contributed by atoms with van der Waals surface area (Å²) in [6, 6.07) is 4.10. The Labute approximate surface area is 106 Å². The lowest BCUT2D eigenvalue weighted by Gasteiger charge is -2.27. The van der Waals surface area contributed by atoms with E-state index in [0.29, 0.717) is 6.42 Å². The Morgan fingerprint density at radius 2 is 2.11 bits per heavy atom. The summed E-state index contributed by atoms with van der Waals surface area (Å²) in [4.78, 5) is 11.8. The number of phenolic OH excluding ortho intramolecular Hbond substituents is 2. The van der Waals surface area contributed by atoms with Crippen LogP contribution in [0.15, 0.2) is 18.2 Å². The first-order valence-corrected chi connectivity index (χ1v) is 6.13. The summed E-state index contributed by atoms with van der Waals surface area (Å²) in [5.41, 5.74) is 6.53. The Bertz CT molecular complexity index is 444. The van der Waals surface area contributed by atoms with Gasteiger partial charge in [0.05, 0.1) is 6.04 Å². The number of hydrogen-bond acceptors (Lipinski definition) is 4. The minimum absolute atomic E-state index is 0.160. The normalized spacial score (nSPS) is 16.9. The Hall–Kier alpha value is -1.75. The smallest absolute Gasteiger partial charge is 0.237 e. The largest absolute Gasteiger partial charge is 0.504 e. The number of nitrogens with two attached hydrogens (primary N) is 1. The van der Waals surface area contributed by atoms with Crippen molar-refractivity contribution in [3.63, 3.8) is 0 Å². The average Bonchev–Trinajstić information content (AvgIpc) is 2.28. The standard InChI is InChI=1S/C13H18N2O3/c14-10(13(18)15-9-2-1-3-9)6-8-4-5-11(16)12(17)7-8/h4-5,7,9-10,16-17H,1-3,6,14H2,(H,15,18)/t10-/m0/s1. The lowest BCUT2D eigenvalue weighted by atomic mass is 9.92. The molecule has 98 valence electrons. The first kappa shape index (κ1) is 12.7. The van der Waals surface area contributed by atoms with Gasteiger partial charge in [-0.2, -0.15) is 0 Å². The number of amides is 1. The maximum absolute atomic E-state index is 11.8. The lowest BCUT2D eigenvalue weighted by molar-refractivity contribution is -0.123. The van der Waals surface area contributed by atoms with E-state index < -0.39 is 6.04 Å². The predicted octanol–water partition coefficient (Wildman–Crippen LogP) is 0.636. The van der Waals surface area contributed by atoms with Crippen molar-refractivity contribution in [3.05, 3.63) is 23.8 Å². The van der Waals surface area contributed by atoms with Crippen LogP contribution in [0.3, 0.4) is 0 Å². The van der Waals surface area contributed by atoms with E-state index >= 15 is 0 Å². The van der Waals surface area contributed by atoms with Crippen LogP contribution >= 0.6 is 0 Å². The van der Waals surface area contributed by atoms with E-state index in [4.69, 9.17) is 5.73 Å². The maximum atomic E-state index is 11.8. The van der Waals surface area contributed by atoms with Gasteiger partial charge in [0.1, 0.15) is 0 Å². The van der Waals surface area contributed by atoms with E-state index in [1.54, 1.807) is 6.07 Å². The third-order valence-electron chi connectivity index (χ3n) is 3.28. The zero-order valence-corrected chi connectivity index (χ0v) is 10.1. The number of phenols is 2. The molecule has 0 saturated heterocycles.